The SMILES string of the molecule is CC.CN(C)CCCOc1ccccc1.CN(C)Cc1ccccc1. The van der Waals surface area contributed by atoms with Gasteiger partial charge in [-0.25, -0.2) is 0 Å². The van der Waals surface area contributed by atoms with E-state index in [0.29, 0.717) is 0 Å². The lowest BCUT2D eigenvalue weighted by molar-refractivity contribution is 0.281. The Hall–Kier alpha value is -1.84. The molecule has 3 nitrogen and oxygen atoms in total. The minimum Gasteiger partial charge on any atom is -0.494 e. The maximum Gasteiger partial charge on any atom is 0.119 e. The Labute approximate surface area is 155 Å². The van der Waals surface area contributed by atoms with Crippen molar-refractivity contribution >= 4 is 0 Å². The molecule has 0 saturated heterocycles. The predicted molar refractivity (Wildman–Crippen MR) is 110 cm³/mol. The molecule has 0 fully saturated rings. The summed E-state index contributed by atoms with van der Waals surface area (Å²) in [7, 11) is 8.30. The summed E-state index contributed by atoms with van der Waals surface area (Å²) in [5.41, 5.74) is 1.37. The zero-order chi connectivity index (χ0) is 18.9. The normalized spacial score (nSPS) is 9.76. The van der Waals surface area contributed by atoms with Crippen molar-refractivity contribution in [3.63, 3.8) is 0 Å². The van der Waals surface area contributed by atoms with E-state index in [1.807, 2.05) is 50.2 Å². The smallest absolute Gasteiger partial charge is 0.119 e. The highest BCUT2D eigenvalue weighted by Gasteiger charge is 1.93. The second-order valence-electron chi connectivity index (χ2n) is 6.04. The third kappa shape index (κ3) is 14.2. The van der Waals surface area contributed by atoms with Crippen LogP contribution in [0.15, 0.2) is 60.7 Å². The number of benzene rings is 2. The van der Waals surface area contributed by atoms with Gasteiger partial charge in [0.05, 0.1) is 6.61 Å². The predicted octanol–water partition coefficient (Wildman–Crippen LogP) is 4.79. The minimum absolute atomic E-state index is 0.794. The highest BCUT2D eigenvalue weighted by atomic mass is 16.5. The highest BCUT2D eigenvalue weighted by molar-refractivity contribution is 5.20. The molecule has 25 heavy (non-hydrogen) atoms. The fourth-order valence-electron chi connectivity index (χ4n) is 2.04. The zero-order valence-corrected chi connectivity index (χ0v) is 16.9. The van der Waals surface area contributed by atoms with Gasteiger partial charge in [-0.05, 0) is 52.3 Å². The second-order valence-corrected chi connectivity index (χ2v) is 6.04. The Kier molecular flexibility index (Phi) is 14.5. The van der Waals surface area contributed by atoms with Gasteiger partial charge in [0, 0.05) is 13.1 Å². The third-order valence-electron chi connectivity index (χ3n) is 3.10. The molecule has 3 heteroatoms. The van der Waals surface area contributed by atoms with E-state index in [0.717, 1.165) is 31.9 Å². The summed E-state index contributed by atoms with van der Waals surface area (Å²) in [6, 6.07) is 20.4. The van der Waals surface area contributed by atoms with Crippen molar-refractivity contribution in [1.82, 2.24) is 9.80 Å². The molecule has 140 valence electrons. The molecule has 0 unspecified atom stereocenters. The fraction of sp³-hybridized carbons (Fsp3) is 0.455. The molecule has 2 aromatic carbocycles. The van der Waals surface area contributed by atoms with E-state index >= 15 is 0 Å². The molecule has 0 aliphatic heterocycles. The molecule has 0 saturated carbocycles. The van der Waals surface area contributed by atoms with E-state index in [4.69, 9.17) is 4.74 Å². The standard InChI is InChI=1S/C11H17NO.C9H13N.C2H6/c1-12(2)9-6-10-13-11-7-4-3-5-8-11;1-10(2)8-9-6-4-3-5-7-9;1-2/h3-5,7-8H,6,9-10H2,1-2H3;3-7H,8H2,1-2H3;1-2H3. The quantitative estimate of drug-likeness (QED) is 0.672. The van der Waals surface area contributed by atoms with Crippen molar-refractivity contribution in [2.45, 2.75) is 26.8 Å². The van der Waals surface area contributed by atoms with Crippen LogP contribution in [0.1, 0.15) is 25.8 Å². The molecule has 0 radical (unpaired) electrons. The largest absolute Gasteiger partial charge is 0.494 e. The summed E-state index contributed by atoms with van der Waals surface area (Å²) in [6.07, 6.45) is 1.07. The van der Waals surface area contributed by atoms with E-state index in [1.165, 1.54) is 5.56 Å². The van der Waals surface area contributed by atoms with Gasteiger partial charge in [-0.3, -0.25) is 0 Å². The van der Waals surface area contributed by atoms with Gasteiger partial charge in [0.1, 0.15) is 5.75 Å². The molecule has 0 aliphatic rings. The summed E-state index contributed by atoms with van der Waals surface area (Å²) < 4.78 is 5.53. The van der Waals surface area contributed by atoms with Crippen LogP contribution in [0.4, 0.5) is 0 Å². The highest BCUT2D eigenvalue weighted by Crippen LogP contribution is 2.08. The lowest BCUT2D eigenvalue weighted by Gasteiger charge is -2.09. The van der Waals surface area contributed by atoms with Gasteiger partial charge in [0.2, 0.25) is 0 Å². The Balaban J connectivity index is 0.000000430. The maximum atomic E-state index is 5.53. The Morgan fingerprint density at radius 1 is 0.720 bits per heavy atom. The van der Waals surface area contributed by atoms with Crippen LogP contribution in [-0.4, -0.2) is 51.1 Å². The molecule has 2 aromatic rings. The van der Waals surface area contributed by atoms with Gasteiger partial charge in [-0.2, -0.15) is 0 Å². The number of para-hydroxylation sites is 1. The van der Waals surface area contributed by atoms with Crippen LogP contribution >= 0.6 is 0 Å². The average molecular weight is 345 g/mol. The monoisotopic (exact) mass is 344 g/mol. The first kappa shape index (κ1) is 23.2. The minimum atomic E-state index is 0.794. The Morgan fingerprint density at radius 3 is 1.72 bits per heavy atom. The van der Waals surface area contributed by atoms with Gasteiger partial charge in [0.25, 0.3) is 0 Å². The summed E-state index contributed by atoms with van der Waals surface area (Å²) in [5, 5.41) is 0. The molecule has 0 aromatic heterocycles. The van der Waals surface area contributed by atoms with E-state index in [2.05, 4.69) is 62.3 Å². The van der Waals surface area contributed by atoms with Crippen LogP contribution in [0.2, 0.25) is 0 Å². The molecular weight excluding hydrogens is 308 g/mol. The topological polar surface area (TPSA) is 15.7 Å². The molecule has 0 amide bonds. The number of ether oxygens (including phenoxy) is 1. The second kappa shape index (κ2) is 15.7. The maximum absolute atomic E-state index is 5.53. The first-order chi connectivity index (χ1) is 12.1. The van der Waals surface area contributed by atoms with E-state index < -0.39 is 0 Å². The molecule has 0 bridgehead atoms. The van der Waals surface area contributed by atoms with Gasteiger partial charge in [0.15, 0.2) is 0 Å². The van der Waals surface area contributed by atoms with Crippen molar-refractivity contribution in [3.05, 3.63) is 66.2 Å². The van der Waals surface area contributed by atoms with Crippen molar-refractivity contribution in [2.24, 2.45) is 0 Å². The van der Waals surface area contributed by atoms with Gasteiger partial charge < -0.3 is 14.5 Å². The van der Waals surface area contributed by atoms with E-state index in [9.17, 15) is 0 Å². The number of rotatable bonds is 7. The Morgan fingerprint density at radius 2 is 1.24 bits per heavy atom. The summed E-state index contributed by atoms with van der Waals surface area (Å²) in [6.45, 7) is 6.90. The van der Waals surface area contributed by atoms with Crippen molar-refractivity contribution in [2.75, 3.05) is 41.3 Å². The zero-order valence-electron chi connectivity index (χ0n) is 16.9. The summed E-state index contributed by atoms with van der Waals surface area (Å²) >= 11 is 0. The third-order valence-corrected chi connectivity index (χ3v) is 3.10. The fourth-order valence-corrected chi connectivity index (χ4v) is 2.04. The Bertz CT molecular complexity index is 498. The van der Waals surface area contributed by atoms with Crippen LogP contribution < -0.4 is 4.74 Å². The van der Waals surface area contributed by atoms with E-state index in [1.54, 1.807) is 0 Å². The van der Waals surface area contributed by atoms with Crippen molar-refractivity contribution in [1.29, 1.82) is 0 Å². The molecule has 0 aliphatic carbocycles. The van der Waals surface area contributed by atoms with Crippen LogP contribution in [0, 0.1) is 0 Å². The van der Waals surface area contributed by atoms with E-state index in [-0.39, 0.29) is 0 Å². The van der Waals surface area contributed by atoms with Crippen molar-refractivity contribution < 1.29 is 4.74 Å². The van der Waals surface area contributed by atoms with Gasteiger partial charge in [-0.1, -0.05) is 62.4 Å². The number of hydrogen-bond donors (Lipinski definition) is 0. The van der Waals surface area contributed by atoms with Gasteiger partial charge in [-0.15, -0.1) is 0 Å². The van der Waals surface area contributed by atoms with Crippen LogP contribution in [0.25, 0.3) is 0 Å². The summed E-state index contributed by atoms with van der Waals surface area (Å²) in [4.78, 5) is 4.32. The van der Waals surface area contributed by atoms with Crippen LogP contribution in [0.3, 0.4) is 0 Å². The lowest BCUT2D eigenvalue weighted by Crippen LogP contribution is -2.15. The molecule has 0 atom stereocenters. The van der Waals surface area contributed by atoms with Crippen LogP contribution in [-0.2, 0) is 6.54 Å². The number of hydrogen-bond acceptors (Lipinski definition) is 3. The first-order valence-corrected chi connectivity index (χ1v) is 9.09. The lowest BCUT2D eigenvalue weighted by atomic mass is 10.2. The molecule has 0 heterocycles. The molecule has 0 N–H and O–H groups in total. The molecule has 2 rings (SSSR count). The average Bonchev–Trinajstić information content (AvgIpc) is 2.62. The molecular formula is C22H36N2O. The number of nitrogens with zero attached hydrogens (tertiary/aromatic N) is 2. The first-order valence-electron chi connectivity index (χ1n) is 9.09. The van der Waals surface area contributed by atoms with Crippen LogP contribution in [0.5, 0.6) is 5.75 Å². The molecule has 0 spiro atoms. The summed E-state index contributed by atoms with van der Waals surface area (Å²) in [5.74, 6) is 0.959. The van der Waals surface area contributed by atoms with Crippen molar-refractivity contribution in [3.8, 4) is 5.75 Å². The van der Waals surface area contributed by atoms with Gasteiger partial charge >= 0.3 is 0 Å².